The fourth-order valence-corrected chi connectivity index (χ4v) is 1.89. The van der Waals surface area contributed by atoms with Crippen LogP contribution in [0, 0.1) is 0 Å². The third-order valence-corrected chi connectivity index (χ3v) is 3.00. The van der Waals surface area contributed by atoms with Gasteiger partial charge in [0.25, 0.3) is 5.91 Å². The molecular weight excluding hydrogens is 254 g/mol. The van der Waals surface area contributed by atoms with Crippen LogP contribution in [0.2, 0.25) is 0 Å². The molecule has 0 aliphatic rings. The number of nitrogens with one attached hydrogen (secondary N) is 1. The van der Waals surface area contributed by atoms with Crippen molar-refractivity contribution >= 4 is 11.6 Å². The van der Waals surface area contributed by atoms with Crippen molar-refractivity contribution in [3.8, 4) is 0 Å². The Hall–Kier alpha value is -1.59. The summed E-state index contributed by atoms with van der Waals surface area (Å²) in [6, 6.07) is 7.06. The van der Waals surface area contributed by atoms with Crippen molar-refractivity contribution in [1.29, 1.82) is 0 Å². The van der Waals surface area contributed by atoms with Crippen molar-refractivity contribution in [3.63, 3.8) is 0 Å². The monoisotopic (exact) mass is 279 g/mol. The van der Waals surface area contributed by atoms with Gasteiger partial charge in [-0.3, -0.25) is 4.79 Å². The Morgan fingerprint density at radius 3 is 2.70 bits per heavy atom. The lowest BCUT2D eigenvalue weighted by Crippen LogP contribution is -2.35. The van der Waals surface area contributed by atoms with Gasteiger partial charge in [-0.1, -0.05) is 12.1 Å². The summed E-state index contributed by atoms with van der Waals surface area (Å²) in [5.41, 5.74) is 6.79. The lowest BCUT2D eigenvalue weighted by atomic mass is 10.1. The maximum atomic E-state index is 12.1. The number of nitrogens with zero attached hydrogens (tertiary/aromatic N) is 1. The van der Waals surface area contributed by atoms with Crippen LogP contribution in [-0.2, 0) is 4.74 Å². The molecule has 0 aliphatic carbocycles. The molecule has 1 aromatic carbocycles. The highest BCUT2D eigenvalue weighted by atomic mass is 16.5. The highest BCUT2D eigenvalue weighted by Gasteiger charge is 2.13. The molecule has 112 valence electrons. The van der Waals surface area contributed by atoms with Crippen molar-refractivity contribution < 1.29 is 9.53 Å². The van der Waals surface area contributed by atoms with E-state index >= 15 is 0 Å². The van der Waals surface area contributed by atoms with E-state index in [1.165, 1.54) is 0 Å². The van der Waals surface area contributed by atoms with E-state index in [-0.39, 0.29) is 12.0 Å². The van der Waals surface area contributed by atoms with E-state index in [1.54, 1.807) is 18.2 Å². The number of carbonyl (C=O) groups excluding carboxylic acids is 1. The summed E-state index contributed by atoms with van der Waals surface area (Å²) in [4.78, 5) is 14.2. The van der Waals surface area contributed by atoms with Gasteiger partial charge < -0.3 is 20.7 Å². The van der Waals surface area contributed by atoms with Crippen molar-refractivity contribution in [2.24, 2.45) is 0 Å². The average Bonchev–Trinajstić information content (AvgIpc) is 2.42. The number of hydrogen-bond acceptors (Lipinski definition) is 4. The summed E-state index contributed by atoms with van der Waals surface area (Å²) in [5.74, 6) is -0.155. The maximum Gasteiger partial charge on any atom is 0.253 e. The molecule has 0 saturated carbocycles. The van der Waals surface area contributed by atoms with Crippen LogP contribution < -0.4 is 11.1 Å². The third-order valence-electron chi connectivity index (χ3n) is 3.00. The molecule has 1 amide bonds. The first-order valence-electron chi connectivity index (χ1n) is 6.93. The Morgan fingerprint density at radius 2 is 2.10 bits per heavy atom. The number of amides is 1. The van der Waals surface area contributed by atoms with Crippen LogP contribution in [0.1, 0.15) is 23.7 Å². The summed E-state index contributed by atoms with van der Waals surface area (Å²) >= 11 is 0. The Labute approximate surface area is 121 Å². The summed E-state index contributed by atoms with van der Waals surface area (Å²) in [6.07, 6.45) is 0.905. The average molecular weight is 279 g/mol. The third kappa shape index (κ3) is 5.59. The fraction of sp³-hybridized carbons (Fsp3) is 0.533. The molecule has 1 unspecified atom stereocenters. The van der Waals surface area contributed by atoms with E-state index < -0.39 is 0 Å². The van der Waals surface area contributed by atoms with Gasteiger partial charge in [0, 0.05) is 25.4 Å². The predicted octanol–water partition coefficient (Wildman–Crippen LogP) is 1.36. The second-order valence-corrected chi connectivity index (χ2v) is 4.97. The van der Waals surface area contributed by atoms with E-state index in [4.69, 9.17) is 10.5 Å². The number of para-hydroxylation sites is 1. The van der Waals surface area contributed by atoms with Crippen LogP contribution in [0.5, 0.6) is 0 Å². The first-order valence-corrected chi connectivity index (χ1v) is 6.93. The summed E-state index contributed by atoms with van der Waals surface area (Å²) in [7, 11) is 4.04. The zero-order chi connectivity index (χ0) is 15.0. The molecule has 1 atom stereocenters. The van der Waals surface area contributed by atoms with Gasteiger partial charge in [0.05, 0.1) is 11.7 Å². The number of rotatable bonds is 8. The quantitative estimate of drug-likeness (QED) is 0.705. The molecular formula is C15H25N3O2. The first kappa shape index (κ1) is 16.5. The molecule has 1 rings (SSSR count). The predicted molar refractivity (Wildman–Crippen MR) is 81.8 cm³/mol. The van der Waals surface area contributed by atoms with E-state index in [2.05, 4.69) is 10.2 Å². The van der Waals surface area contributed by atoms with Crippen molar-refractivity contribution in [2.75, 3.05) is 39.5 Å². The SMILES string of the molecule is CCOC(CCN(C)C)CNC(=O)c1ccccc1N. The summed E-state index contributed by atoms with van der Waals surface area (Å²) in [6.45, 7) is 4.02. The smallest absolute Gasteiger partial charge is 0.253 e. The minimum absolute atomic E-state index is 0.0243. The zero-order valence-corrected chi connectivity index (χ0v) is 12.6. The number of carbonyl (C=O) groups is 1. The minimum Gasteiger partial charge on any atom is -0.398 e. The number of ether oxygens (including phenoxy) is 1. The van der Waals surface area contributed by atoms with E-state index in [0.29, 0.717) is 24.4 Å². The molecule has 0 radical (unpaired) electrons. The highest BCUT2D eigenvalue weighted by molar-refractivity contribution is 5.99. The van der Waals surface area contributed by atoms with E-state index in [9.17, 15) is 4.79 Å². The number of anilines is 1. The second-order valence-electron chi connectivity index (χ2n) is 4.97. The van der Waals surface area contributed by atoms with Crippen LogP contribution in [0.15, 0.2) is 24.3 Å². The Morgan fingerprint density at radius 1 is 1.40 bits per heavy atom. The Kier molecular flexibility index (Phi) is 7.04. The molecule has 0 heterocycles. The van der Waals surface area contributed by atoms with Crippen molar-refractivity contribution in [1.82, 2.24) is 10.2 Å². The van der Waals surface area contributed by atoms with Gasteiger partial charge in [-0.25, -0.2) is 0 Å². The van der Waals surface area contributed by atoms with E-state index in [0.717, 1.165) is 13.0 Å². The molecule has 0 saturated heterocycles. The molecule has 1 aromatic rings. The van der Waals surface area contributed by atoms with Crippen LogP contribution in [0.4, 0.5) is 5.69 Å². The van der Waals surface area contributed by atoms with E-state index in [1.807, 2.05) is 27.1 Å². The molecule has 5 nitrogen and oxygen atoms in total. The Bertz CT molecular complexity index is 421. The standard InChI is InChI=1S/C15H25N3O2/c1-4-20-12(9-10-18(2)3)11-17-15(19)13-7-5-6-8-14(13)16/h5-8,12H,4,9-11,16H2,1-3H3,(H,17,19). The van der Waals surface area contributed by atoms with Crippen LogP contribution in [0.3, 0.4) is 0 Å². The van der Waals surface area contributed by atoms with Crippen LogP contribution >= 0.6 is 0 Å². The number of nitrogens with two attached hydrogens (primary N) is 1. The lowest BCUT2D eigenvalue weighted by molar-refractivity contribution is 0.0496. The fourth-order valence-electron chi connectivity index (χ4n) is 1.89. The molecule has 20 heavy (non-hydrogen) atoms. The molecule has 0 bridgehead atoms. The van der Waals surface area contributed by atoms with Gasteiger partial charge in [-0.15, -0.1) is 0 Å². The normalized spacial score (nSPS) is 12.4. The number of nitrogen functional groups attached to an aromatic ring is 1. The first-order chi connectivity index (χ1) is 9.54. The van der Waals surface area contributed by atoms with Gasteiger partial charge in [-0.05, 0) is 39.6 Å². The highest BCUT2D eigenvalue weighted by Crippen LogP contribution is 2.10. The largest absolute Gasteiger partial charge is 0.398 e. The number of benzene rings is 1. The molecule has 0 aliphatic heterocycles. The molecule has 5 heteroatoms. The number of hydrogen-bond donors (Lipinski definition) is 2. The molecule has 0 fully saturated rings. The summed E-state index contributed by atoms with van der Waals surface area (Å²) in [5, 5.41) is 2.89. The van der Waals surface area contributed by atoms with Crippen LogP contribution in [0.25, 0.3) is 0 Å². The molecule has 0 spiro atoms. The molecule has 0 aromatic heterocycles. The van der Waals surface area contributed by atoms with Crippen molar-refractivity contribution in [3.05, 3.63) is 29.8 Å². The van der Waals surface area contributed by atoms with Gasteiger partial charge >= 0.3 is 0 Å². The zero-order valence-electron chi connectivity index (χ0n) is 12.6. The lowest BCUT2D eigenvalue weighted by Gasteiger charge is -2.20. The minimum atomic E-state index is -0.155. The van der Waals surface area contributed by atoms with Crippen molar-refractivity contribution in [2.45, 2.75) is 19.4 Å². The second kappa shape index (κ2) is 8.55. The molecule has 3 N–H and O–H groups in total. The topological polar surface area (TPSA) is 67.6 Å². The van der Waals surface area contributed by atoms with Gasteiger partial charge in [0.1, 0.15) is 0 Å². The summed E-state index contributed by atoms with van der Waals surface area (Å²) < 4.78 is 5.64. The maximum absolute atomic E-state index is 12.1. The Balaban J connectivity index is 2.50. The van der Waals surface area contributed by atoms with Gasteiger partial charge in [0.2, 0.25) is 0 Å². The van der Waals surface area contributed by atoms with Crippen LogP contribution in [-0.4, -0.2) is 50.7 Å². The van der Waals surface area contributed by atoms with Gasteiger partial charge in [-0.2, -0.15) is 0 Å². The van der Waals surface area contributed by atoms with Gasteiger partial charge in [0.15, 0.2) is 0 Å².